The van der Waals surface area contributed by atoms with Gasteiger partial charge in [-0.15, -0.1) is 0 Å². The minimum absolute atomic E-state index is 0.0582. The van der Waals surface area contributed by atoms with E-state index < -0.39 is 12.1 Å². The smallest absolute Gasteiger partial charge is 0.346 e. The molecule has 0 amide bonds. The molecule has 1 heterocycles. The van der Waals surface area contributed by atoms with Crippen LogP contribution < -0.4 is 0 Å². The summed E-state index contributed by atoms with van der Waals surface area (Å²) in [5.41, 5.74) is 0.419. The van der Waals surface area contributed by atoms with Crippen LogP contribution in [0.2, 0.25) is 0 Å². The molecule has 0 aromatic heterocycles. The van der Waals surface area contributed by atoms with Gasteiger partial charge in [-0.05, 0) is 11.5 Å². The van der Waals surface area contributed by atoms with E-state index in [1.165, 1.54) is 0 Å². The molecule has 96 valence electrons. The molecular formula is C14H11NO4. The maximum atomic E-state index is 10.8. The average molecular weight is 257 g/mol. The number of fused-ring (bicyclic) bond motifs is 1. The standard InChI is InChI=1S/C14H11NO4/c16-12-9-4-2-1-3-8(9)5-6-10(12)13-15-7-11(19-13)14(17)18/h1-6,11,16H,7H2,(H,17,18). The summed E-state index contributed by atoms with van der Waals surface area (Å²) in [6.45, 7) is 0.0664. The molecule has 0 radical (unpaired) electrons. The van der Waals surface area contributed by atoms with Crippen molar-refractivity contribution in [2.75, 3.05) is 6.54 Å². The van der Waals surface area contributed by atoms with Gasteiger partial charge in [-0.3, -0.25) is 0 Å². The molecule has 0 aliphatic carbocycles. The fourth-order valence-electron chi connectivity index (χ4n) is 2.08. The summed E-state index contributed by atoms with van der Waals surface area (Å²) in [5.74, 6) is -0.822. The molecule has 2 aromatic carbocycles. The number of rotatable bonds is 2. The molecule has 0 bridgehead atoms. The van der Waals surface area contributed by atoms with Crippen LogP contribution in [0.4, 0.5) is 0 Å². The van der Waals surface area contributed by atoms with Crippen LogP contribution in [0.15, 0.2) is 41.4 Å². The quantitative estimate of drug-likeness (QED) is 0.859. The summed E-state index contributed by atoms with van der Waals surface area (Å²) in [6.07, 6.45) is -0.971. The van der Waals surface area contributed by atoms with E-state index in [0.29, 0.717) is 10.9 Å². The van der Waals surface area contributed by atoms with Gasteiger partial charge in [0.2, 0.25) is 12.0 Å². The Kier molecular flexibility index (Phi) is 2.59. The molecule has 1 unspecified atom stereocenters. The van der Waals surface area contributed by atoms with Gasteiger partial charge in [-0.25, -0.2) is 9.79 Å². The molecule has 1 aliphatic rings. The predicted octanol–water partition coefficient (Wildman–Crippen LogP) is 1.78. The monoisotopic (exact) mass is 257 g/mol. The second-order valence-corrected chi connectivity index (χ2v) is 4.27. The SMILES string of the molecule is O=C(O)C1CN=C(c2ccc3ccccc3c2O)O1. The van der Waals surface area contributed by atoms with Crippen LogP contribution in [0.3, 0.4) is 0 Å². The third kappa shape index (κ3) is 1.89. The van der Waals surface area contributed by atoms with E-state index in [2.05, 4.69) is 4.99 Å². The lowest BCUT2D eigenvalue weighted by Crippen LogP contribution is -2.24. The van der Waals surface area contributed by atoms with Gasteiger partial charge < -0.3 is 14.9 Å². The van der Waals surface area contributed by atoms with Crippen molar-refractivity contribution in [1.82, 2.24) is 0 Å². The lowest BCUT2D eigenvalue weighted by Gasteiger charge is -2.09. The van der Waals surface area contributed by atoms with Crippen LogP contribution in [-0.4, -0.2) is 34.7 Å². The van der Waals surface area contributed by atoms with Gasteiger partial charge in [0.1, 0.15) is 5.75 Å². The first-order chi connectivity index (χ1) is 9.16. The van der Waals surface area contributed by atoms with Gasteiger partial charge in [0.05, 0.1) is 12.1 Å². The van der Waals surface area contributed by atoms with Crippen LogP contribution in [0.1, 0.15) is 5.56 Å². The Hall–Kier alpha value is -2.56. The van der Waals surface area contributed by atoms with E-state index in [9.17, 15) is 9.90 Å². The van der Waals surface area contributed by atoms with Gasteiger partial charge in [0.15, 0.2) is 0 Å². The first-order valence-corrected chi connectivity index (χ1v) is 5.82. The van der Waals surface area contributed by atoms with E-state index in [-0.39, 0.29) is 18.2 Å². The summed E-state index contributed by atoms with van der Waals surface area (Å²) in [4.78, 5) is 14.8. The number of carboxylic acids is 1. The molecule has 0 saturated heterocycles. The first-order valence-electron chi connectivity index (χ1n) is 5.82. The zero-order chi connectivity index (χ0) is 13.4. The maximum Gasteiger partial charge on any atom is 0.346 e. The predicted molar refractivity (Wildman–Crippen MR) is 69.5 cm³/mol. The van der Waals surface area contributed by atoms with Crippen molar-refractivity contribution in [3.8, 4) is 5.75 Å². The summed E-state index contributed by atoms with van der Waals surface area (Å²) >= 11 is 0. The normalized spacial score (nSPS) is 18.1. The molecule has 5 heteroatoms. The van der Waals surface area contributed by atoms with Crippen LogP contribution >= 0.6 is 0 Å². The number of hydrogen-bond acceptors (Lipinski definition) is 4. The first kappa shape index (κ1) is 11.5. The fourth-order valence-corrected chi connectivity index (χ4v) is 2.08. The van der Waals surface area contributed by atoms with Gasteiger partial charge in [-0.2, -0.15) is 0 Å². The van der Waals surface area contributed by atoms with Crippen molar-refractivity contribution < 1.29 is 19.7 Å². The molecule has 0 fully saturated rings. The third-order valence-corrected chi connectivity index (χ3v) is 3.06. The Balaban J connectivity index is 2.03. The van der Waals surface area contributed by atoms with E-state index in [1.54, 1.807) is 12.1 Å². The molecule has 5 nitrogen and oxygen atoms in total. The second-order valence-electron chi connectivity index (χ2n) is 4.27. The minimum atomic E-state index is -1.06. The molecular weight excluding hydrogens is 246 g/mol. The average Bonchev–Trinajstić information content (AvgIpc) is 2.89. The lowest BCUT2D eigenvalue weighted by molar-refractivity contribution is -0.144. The summed E-state index contributed by atoms with van der Waals surface area (Å²) < 4.78 is 5.23. The van der Waals surface area contributed by atoms with Gasteiger partial charge >= 0.3 is 5.97 Å². The van der Waals surface area contributed by atoms with E-state index in [0.717, 1.165) is 5.39 Å². The van der Waals surface area contributed by atoms with Gasteiger partial charge in [0.25, 0.3) is 0 Å². The molecule has 2 aromatic rings. The Morgan fingerprint density at radius 2 is 2.05 bits per heavy atom. The summed E-state index contributed by atoms with van der Waals surface area (Å²) in [5, 5.41) is 20.7. The van der Waals surface area contributed by atoms with Crippen LogP contribution in [-0.2, 0) is 9.53 Å². The Morgan fingerprint density at radius 3 is 2.79 bits per heavy atom. The Morgan fingerprint density at radius 1 is 1.26 bits per heavy atom. The molecule has 0 saturated carbocycles. The third-order valence-electron chi connectivity index (χ3n) is 3.06. The van der Waals surface area contributed by atoms with Crippen LogP contribution in [0, 0.1) is 0 Å². The number of phenols is 1. The highest BCUT2D eigenvalue weighted by atomic mass is 16.5. The van der Waals surface area contributed by atoms with E-state index in [4.69, 9.17) is 9.84 Å². The van der Waals surface area contributed by atoms with Crippen molar-refractivity contribution in [2.24, 2.45) is 4.99 Å². The largest absolute Gasteiger partial charge is 0.506 e. The van der Waals surface area contributed by atoms with Crippen molar-refractivity contribution in [3.63, 3.8) is 0 Å². The number of phenolic OH excluding ortho intramolecular Hbond substituents is 1. The number of aliphatic imine (C=N–C) groups is 1. The van der Waals surface area contributed by atoms with Gasteiger partial charge in [-0.1, -0.05) is 30.3 Å². The molecule has 1 atom stereocenters. The number of aliphatic carboxylic acids is 1. The second kappa shape index (κ2) is 4.28. The number of aromatic hydroxyl groups is 1. The molecule has 2 N–H and O–H groups in total. The summed E-state index contributed by atoms with van der Waals surface area (Å²) in [7, 11) is 0. The molecule has 3 rings (SSSR count). The van der Waals surface area contributed by atoms with Crippen molar-refractivity contribution in [1.29, 1.82) is 0 Å². The van der Waals surface area contributed by atoms with Crippen molar-refractivity contribution in [2.45, 2.75) is 6.10 Å². The highest BCUT2D eigenvalue weighted by Gasteiger charge is 2.28. The topological polar surface area (TPSA) is 79.1 Å². The zero-order valence-electron chi connectivity index (χ0n) is 9.91. The number of carbonyl (C=O) groups is 1. The van der Waals surface area contributed by atoms with E-state index >= 15 is 0 Å². The summed E-state index contributed by atoms with van der Waals surface area (Å²) in [6, 6.07) is 10.9. The fraction of sp³-hybridized carbons (Fsp3) is 0.143. The number of benzene rings is 2. The molecule has 0 spiro atoms. The molecule has 1 aliphatic heterocycles. The van der Waals surface area contributed by atoms with Crippen molar-refractivity contribution >= 4 is 22.6 Å². The van der Waals surface area contributed by atoms with E-state index in [1.807, 2.05) is 24.3 Å². The number of carboxylic acid groups (broad SMARTS) is 1. The highest BCUT2D eigenvalue weighted by molar-refractivity contribution is 6.05. The van der Waals surface area contributed by atoms with Crippen molar-refractivity contribution in [3.05, 3.63) is 42.0 Å². The Bertz CT molecular complexity index is 693. The minimum Gasteiger partial charge on any atom is -0.506 e. The highest BCUT2D eigenvalue weighted by Crippen LogP contribution is 2.30. The lowest BCUT2D eigenvalue weighted by atomic mass is 10.1. The Labute approximate surface area is 108 Å². The number of nitrogens with zero attached hydrogens (tertiary/aromatic N) is 1. The zero-order valence-corrected chi connectivity index (χ0v) is 9.91. The number of ether oxygens (including phenoxy) is 1. The molecule has 19 heavy (non-hydrogen) atoms. The number of hydrogen-bond donors (Lipinski definition) is 2. The van der Waals surface area contributed by atoms with Gasteiger partial charge in [0, 0.05) is 5.39 Å². The van der Waals surface area contributed by atoms with Crippen LogP contribution in [0.5, 0.6) is 5.75 Å². The van der Waals surface area contributed by atoms with Crippen LogP contribution in [0.25, 0.3) is 10.8 Å². The maximum absolute atomic E-state index is 10.8.